The first-order valence-electron chi connectivity index (χ1n) is 23.0. The predicted octanol–water partition coefficient (Wildman–Crippen LogP) is 15.6. The number of rotatable bonds is 4. The standard InChI is InChI=1S/C64H43N/c1-3-20-42(21-4-1)52-40-43-38-39-45(41-53(43)47-25-8-7-24-46(47)52)65(44-22-5-2-6-23-44)61-37-19-36-60-62(61)64(56-32-15-11-28-50(56)51-29-12-16-33-57(51)64)59-35-18-17-34-58(59)63(60)54-30-13-9-26-48(54)49-27-10-14-31-55(49)63/h1-39,41,52H,40H2. The third-order valence-corrected chi connectivity index (χ3v) is 15.3. The Kier molecular flexibility index (Phi) is 7.72. The van der Waals surface area contributed by atoms with E-state index in [1.807, 2.05) is 0 Å². The van der Waals surface area contributed by atoms with Crippen molar-refractivity contribution in [1.29, 1.82) is 0 Å². The number of hydrogen-bond acceptors (Lipinski definition) is 1. The highest BCUT2D eigenvalue weighted by Gasteiger charge is 2.60. The lowest BCUT2D eigenvalue weighted by molar-refractivity contribution is 0.633. The van der Waals surface area contributed by atoms with Gasteiger partial charge in [-0.25, -0.2) is 0 Å². The molecular weight excluding hydrogens is 783 g/mol. The molecule has 0 saturated carbocycles. The number of benzene rings is 10. The van der Waals surface area contributed by atoms with Crippen LogP contribution >= 0.6 is 0 Å². The highest BCUT2D eigenvalue weighted by Crippen LogP contribution is 2.69. The molecule has 0 fully saturated rings. The topological polar surface area (TPSA) is 3.24 Å². The van der Waals surface area contributed by atoms with Gasteiger partial charge in [0.15, 0.2) is 0 Å². The lowest BCUT2D eigenvalue weighted by Crippen LogP contribution is -2.44. The summed E-state index contributed by atoms with van der Waals surface area (Å²) in [6.45, 7) is 0. The van der Waals surface area contributed by atoms with Crippen LogP contribution in [0.25, 0.3) is 33.4 Å². The van der Waals surface area contributed by atoms with Gasteiger partial charge in [0.25, 0.3) is 0 Å². The van der Waals surface area contributed by atoms with Crippen LogP contribution < -0.4 is 4.90 Å². The summed E-state index contributed by atoms with van der Waals surface area (Å²) in [4.78, 5) is 2.57. The van der Waals surface area contributed by atoms with Crippen molar-refractivity contribution in [3.63, 3.8) is 0 Å². The van der Waals surface area contributed by atoms with Crippen LogP contribution in [0.15, 0.2) is 243 Å². The van der Waals surface area contributed by atoms with Crippen LogP contribution in [-0.2, 0) is 17.3 Å². The third kappa shape index (κ3) is 4.77. The molecule has 0 saturated heterocycles. The molecule has 14 rings (SSSR count). The van der Waals surface area contributed by atoms with Crippen molar-refractivity contribution in [1.82, 2.24) is 0 Å². The Morgan fingerprint density at radius 3 is 1.38 bits per heavy atom. The van der Waals surface area contributed by atoms with E-state index in [1.54, 1.807) is 0 Å². The Bertz CT molecular complexity index is 3450. The first-order valence-corrected chi connectivity index (χ1v) is 23.0. The summed E-state index contributed by atoms with van der Waals surface area (Å²) in [6, 6.07) is 92.0. The molecule has 1 atom stereocenters. The molecule has 10 aromatic rings. The van der Waals surface area contributed by atoms with Crippen molar-refractivity contribution < 1.29 is 0 Å². The molecule has 304 valence electrons. The summed E-state index contributed by atoms with van der Waals surface area (Å²) < 4.78 is 0. The van der Waals surface area contributed by atoms with Gasteiger partial charge in [-0.2, -0.15) is 0 Å². The van der Waals surface area contributed by atoms with E-state index >= 15 is 0 Å². The Morgan fingerprint density at radius 2 is 0.785 bits per heavy atom. The Hall–Kier alpha value is -8.00. The second kappa shape index (κ2) is 13.7. The number of hydrogen-bond donors (Lipinski definition) is 0. The minimum absolute atomic E-state index is 0.299. The van der Waals surface area contributed by atoms with Gasteiger partial charge in [-0.05, 0) is 126 Å². The first kappa shape index (κ1) is 36.5. The van der Waals surface area contributed by atoms with Gasteiger partial charge in [0.1, 0.15) is 0 Å². The van der Waals surface area contributed by atoms with Crippen LogP contribution in [0.2, 0.25) is 0 Å². The maximum Gasteiger partial charge on any atom is 0.0740 e. The molecule has 10 aromatic carbocycles. The molecule has 0 bridgehead atoms. The second-order valence-corrected chi connectivity index (χ2v) is 18.2. The zero-order valence-electron chi connectivity index (χ0n) is 35.8. The lowest BCUT2D eigenvalue weighted by atomic mass is 9.52. The van der Waals surface area contributed by atoms with Crippen LogP contribution in [0.4, 0.5) is 17.1 Å². The van der Waals surface area contributed by atoms with Crippen LogP contribution in [0.3, 0.4) is 0 Å². The van der Waals surface area contributed by atoms with Crippen molar-refractivity contribution in [3.05, 3.63) is 304 Å². The predicted molar refractivity (Wildman–Crippen MR) is 267 cm³/mol. The van der Waals surface area contributed by atoms with Gasteiger partial charge in [0.2, 0.25) is 0 Å². The average Bonchev–Trinajstić information content (AvgIpc) is 3.84. The number of anilines is 3. The highest BCUT2D eigenvalue weighted by molar-refractivity contribution is 5.97. The van der Waals surface area contributed by atoms with E-state index in [0.717, 1.165) is 17.8 Å². The summed E-state index contributed by atoms with van der Waals surface area (Å²) in [6.07, 6.45) is 0.956. The summed E-state index contributed by atoms with van der Waals surface area (Å²) >= 11 is 0. The van der Waals surface area contributed by atoms with E-state index < -0.39 is 10.8 Å². The van der Waals surface area contributed by atoms with Crippen LogP contribution in [-0.4, -0.2) is 0 Å². The van der Waals surface area contributed by atoms with Crippen molar-refractivity contribution in [2.45, 2.75) is 23.2 Å². The van der Waals surface area contributed by atoms with E-state index in [4.69, 9.17) is 0 Å². The largest absolute Gasteiger partial charge is 0.310 e. The van der Waals surface area contributed by atoms with E-state index in [-0.39, 0.29) is 0 Å². The maximum absolute atomic E-state index is 2.57. The molecule has 1 nitrogen and oxygen atoms in total. The highest BCUT2D eigenvalue weighted by atomic mass is 15.1. The third-order valence-electron chi connectivity index (χ3n) is 15.3. The quantitative estimate of drug-likeness (QED) is 0.171. The summed E-state index contributed by atoms with van der Waals surface area (Å²) in [5, 5.41) is 0. The molecule has 0 radical (unpaired) electrons. The normalized spacial score (nSPS) is 15.7. The maximum atomic E-state index is 2.57. The minimum Gasteiger partial charge on any atom is -0.310 e. The number of nitrogens with zero attached hydrogens (tertiary/aromatic N) is 1. The molecule has 1 unspecified atom stereocenters. The molecule has 65 heavy (non-hydrogen) atoms. The smallest absolute Gasteiger partial charge is 0.0740 e. The first-order chi connectivity index (χ1) is 32.3. The van der Waals surface area contributed by atoms with Gasteiger partial charge in [0, 0.05) is 22.9 Å². The van der Waals surface area contributed by atoms with Gasteiger partial charge in [-0.1, -0.05) is 212 Å². The molecule has 4 aliphatic rings. The fourth-order valence-electron chi connectivity index (χ4n) is 13.0. The van der Waals surface area contributed by atoms with E-state index in [1.165, 1.54) is 100 Å². The number of para-hydroxylation sites is 1. The van der Waals surface area contributed by atoms with Gasteiger partial charge in [0.05, 0.1) is 16.5 Å². The van der Waals surface area contributed by atoms with Crippen LogP contribution in [0, 0.1) is 0 Å². The summed E-state index contributed by atoms with van der Waals surface area (Å²) in [5.41, 5.74) is 24.9. The van der Waals surface area contributed by atoms with Crippen LogP contribution in [0.5, 0.6) is 0 Å². The van der Waals surface area contributed by atoms with Crippen LogP contribution in [0.1, 0.15) is 67.1 Å². The Labute approximate surface area is 380 Å². The minimum atomic E-state index is -0.635. The second-order valence-electron chi connectivity index (χ2n) is 18.2. The number of fused-ring (bicyclic) bond motifs is 19. The van der Waals surface area contributed by atoms with E-state index in [9.17, 15) is 0 Å². The summed E-state index contributed by atoms with van der Waals surface area (Å²) in [5.74, 6) is 0.299. The van der Waals surface area contributed by atoms with Gasteiger partial charge in [-0.3, -0.25) is 0 Å². The van der Waals surface area contributed by atoms with Crippen molar-refractivity contribution in [2.24, 2.45) is 0 Å². The lowest BCUT2D eigenvalue weighted by Gasteiger charge is -2.50. The van der Waals surface area contributed by atoms with Crippen molar-refractivity contribution in [3.8, 4) is 33.4 Å². The molecular formula is C64H43N. The Balaban J connectivity index is 1.11. The zero-order chi connectivity index (χ0) is 42.7. The fraction of sp³-hybridized carbons (Fsp3) is 0.0625. The zero-order valence-corrected chi connectivity index (χ0v) is 35.8. The van der Waals surface area contributed by atoms with Gasteiger partial charge < -0.3 is 4.90 Å². The monoisotopic (exact) mass is 825 g/mol. The molecule has 0 aromatic heterocycles. The fourth-order valence-corrected chi connectivity index (χ4v) is 13.0. The van der Waals surface area contributed by atoms with E-state index in [2.05, 4.69) is 248 Å². The molecule has 0 aliphatic heterocycles. The van der Waals surface area contributed by atoms with Crippen molar-refractivity contribution in [2.75, 3.05) is 4.90 Å². The van der Waals surface area contributed by atoms with E-state index in [0.29, 0.717) is 5.92 Å². The molecule has 1 heteroatoms. The molecule has 0 N–H and O–H groups in total. The van der Waals surface area contributed by atoms with Crippen molar-refractivity contribution >= 4 is 17.1 Å². The molecule has 4 aliphatic carbocycles. The van der Waals surface area contributed by atoms with Gasteiger partial charge >= 0.3 is 0 Å². The Morgan fingerprint density at radius 1 is 0.323 bits per heavy atom. The molecule has 0 heterocycles. The van der Waals surface area contributed by atoms with Gasteiger partial charge in [-0.15, -0.1) is 0 Å². The SMILES string of the molecule is c1ccc(C2Cc3ccc(N(c4ccccc4)c4cccc5c4C4(c6ccccc6-c6ccccc64)c4ccccc4C54c5ccccc5-c5ccccc54)cc3-c3ccccc32)cc1. The molecule has 2 spiro atoms. The summed E-state index contributed by atoms with van der Waals surface area (Å²) in [7, 11) is 0. The average molecular weight is 826 g/mol. The molecule has 0 amide bonds.